The molecule has 6 nitrogen and oxygen atoms in total. The lowest BCUT2D eigenvalue weighted by Gasteiger charge is -2.29. The third kappa shape index (κ3) is 2.53. The van der Waals surface area contributed by atoms with Crippen molar-refractivity contribution in [2.24, 2.45) is 7.05 Å². The smallest absolute Gasteiger partial charge is 0.276 e. The molecule has 0 radical (unpaired) electrons. The molecule has 1 aromatic carbocycles. The maximum Gasteiger partial charge on any atom is 0.276 e. The summed E-state index contributed by atoms with van der Waals surface area (Å²) in [6.45, 7) is 0. The van der Waals surface area contributed by atoms with Gasteiger partial charge in [0.2, 0.25) is 0 Å². The van der Waals surface area contributed by atoms with Gasteiger partial charge in [-0.1, -0.05) is 29.4 Å². The first-order valence-electron chi connectivity index (χ1n) is 9.08. The van der Waals surface area contributed by atoms with E-state index in [0.717, 1.165) is 25.7 Å². The van der Waals surface area contributed by atoms with Crippen LogP contribution in [-0.2, 0) is 13.5 Å². The van der Waals surface area contributed by atoms with Gasteiger partial charge >= 0.3 is 0 Å². The maximum absolute atomic E-state index is 13.3. The van der Waals surface area contributed by atoms with E-state index < -0.39 is 0 Å². The number of benzene rings is 1. The largest absolute Gasteiger partial charge is 0.354 e. The third-order valence-corrected chi connectivity index (χ3v) is 5.31. The summed E-state index contributed by atoms with van der Waals surface area (Å²) in [6, 6.07) is 12.5. The van der Waals surface area contributed by atoms with E-state index in [9.17, 15) is 4.79 Å². The number of hydrogen-bond donors (Lipinski definition) is 0. The Bertz CT molecular complexity index is 970. The summed E-state index contributed by atoms with van der Waals surface area (Å²) < 4.78 is 7.09. The van der Waals surface area contributed by atoms with Crippen LogP contribution in [0.5, 0.6) is 0 Å². The number of carbonyl (C=O) groups excluding carboxylic acids is 1. The fourth-order valence-corrected chi connectivity index (χ4v) is 3.91. The summed E-state index contributed by atoms with van der Waals surface area (Å²) in [5.74, 6) is 0.483. The highest BCUT2D eigenvalue weighted by molar-refractivity contribution is 5.94. The summed E-state index contributed by atoms with van der Waals surface area (Å²) in [6.07, 6.45) is 5.97. The average Bonchev–Trinajstić information content (AvgIpc) is 3.05. The fraction of sp³-hybridized carbons (Fsp3) is 0.350. The van der Waals surface area contributed by atoms with E-state index in [2.05, 4.69) is 34.5 Å². The van der Waals surface area contributed by atoms with Crippen molar-refractivity contribution >= 4 is 5.91 Å². The molecule has 0 bridgehead atoms. The van der Waals surface area contributed by atoms with Crippen molar-refractivity contribution in [2.75, 3.05) is 0 Å². The van der Waals surface area contributed by atoms with Gasteiger partial charge in [0.05, 0.1) is 6.04 Å². The van der Waals surface area contributed by atoms with Crippen molar-refractivity contribution < 1.29 is 9.32 Å². The molecule has 26 heavy (non-hydrogen) atoms. The molecule has 0 spiro atoms. The van der Waals surface area contributed by atoms with Gasteiger partial charge in [-0.15, -0.1) is 0 Å². The molecule has 1 saturated carbocycles. The van der Waals surface area contributed by atoms with Crippen LogP contribution in [0.15, 0.2) is 47.1 Å². The number of carbonyl (C=O) groups is 1. The Morgan fingerprint density at radius 3 is 2.85 bits per heavy atom. The third-order valence-electron chi connectivity index (χ3n) is 5.31. The fourth-order valence-electron chi connectivity index (χ4n) is 3.91. The van der Waals surface area contributed by atoms with Gasteiger partial charge in [-0.2, -0.15) is 5.10 Å². The van der Waals surface area contributed by atoms with Gasteiger partial charge in [0.1, 0.15) is 5.69 Å². The highest BCUT2D eigenvalue weighted by Gasteiger charge is 2.41. The molecule has 0 aliphatic heterocycles. The summed E-state index contributed by atoms with van der Waals surface area (Å²) >= 11 is 0. The molecule has 0 saturated heterocycles. The summed E-state index contributed by atoms with van der Waals surface area (Å²) in [7, 11) is 1.85. The van der Waals surface area contributed by atoms with E-state index in [1.807, 2.05) is 24.2 Å². The minimum atomic E-state index is -0.0415. The van der Waals surface area contributed by atoms with Crippen LogP contribution in [0.25, 0.3) is 11.5 Å². The van der Waals surface area contributed by atoms with Crippen molar-refractivity contribution in [1.82, 2.24) is 19.8 Å². The molecule has 1 amide bonds. The number of amides is 1. The Kier molecular flexibility index (Phi) is 3.45. The van der Waals surface area contributed by atoms with Crippen LogP contribution in [0.3, 0.4) is 0 Å². The molecular weight excluding hydrogens is 328 g/mol. The summed E-state index contributed by atoms with van der Waals surface area (Å²) in [5.41, 5.74) is 3.68. The highest BCUT2D eigenvalue weighted by atomic mass is 16.5. The van der Waals surface area contributed by atoms with Gasteiger partial charge in [0.25, 0.3) is 5.91 Å². The van der Waals surface area contributed by atoms with E-state index in [-0.39, 0.29) is 11.9 Å². The molecule has 0 unspecified atom stereocenters. The molecule has 2 aromatic heterocycles. The number of nitrogens with zero attached hydrogens (tertiary/aromatic N) is 4. The molecule has 2 heterocycles. The van der Waals surface area contributed by atoms with Crippen molar-refractivity contribution in [3.63, 3.8) is 0 Å². The maximum atomic E-state index is 13.3. The van der Waals surface area contributed by atoms with Crippen molar-refractivity contribution in [3.05, 3.63) is 59.4 Å². The zero-order chi connectivity index (χ0) is 17.7. The highest BCUT2D eigenvalue weighted by Crippen LogP contribution is 2.42. The molecule has 5 rings (SSSR count). The van der Waals surface area contributed by atoms with Crippen LogP contribution in [0, 0.1) is 0 Å². The van der Waals surface area contributed by atoms with Gasteiger partial charge < -0.3 is 9.42 Å². The Morgan fingerprint density at radius 1 is 1.23 bits per heavy atom. The van der Waals surface area contributed by atoms with E-state index in [4.69, 9.17) is 4.52 Å². The van der Waals surface area contributed by atoms with Crippen LogP contribution in [-0.4, -0.2) is 31.8 Å². The van der Waals surface area contributed by atoms with E-state index in [1.165, 1.54) is 11.1 Å². The molecule has 1 fully saturated rings. The topological polar surface area (TPSA) is 64.2 Å². The second kappa shape index (κ2) is 5.83. The normalized spacial score (nSPS) is 18.7. The second-order valence-electron chi connectivity index (χ2n) is 7.15. The van der Waals surface area contributed by atoms with Gasteiger partial charge in [-0.3, -0.25) is 9.48 Å². The molecule has 6 heteroatoms. The standard InChI is InChI=1S/C20H20N4O2/c1-23-11-10-16(21-23)19-12-17(22-26-19)20(25)24(14-7-8-14)18-9-6-13-4-2-3-5-15(13)18/h2-5,10-12,14,18H,6-9H2,1H3/t18-/m0/s1. The number of hydrogen-bond acceptors (Lipinski definition) is 4. The van der Waals surface area contributed by atoms with Gasteiger partial charge in [0, 0.05) is 25.4 Å². The second-order valence-corrected chi connectivity index (χ2v) is 7.15. The van der Waals surface area contributed by atoms with E-state index in [0.29, 0.717) is 23.2 Å². The lowest BCUT2D eigenvalue weighted by atomic mass is 10.1. The van der Waals surface area contributed by atoms with E-state index in [1.54, 1.807) is 10.7 Å². The number of rotatable bonds is 4. The minimum Gasteiger partial charge on any atom is -0.354 e. The monoisotopic (exact) mass is 348 g/mol. The average molecular weight is 348 g/mol. The Hall–Kier alpha value is -2.89. The predicted molar refractivity (Wildman–Crippen MR) is 95.4 cm³/mol. The molecule has 0 N–H and O–H groups in total. The van der Waals surface area contributed by atoms with Crippen molar-refractivity contribution in [1.29, 1.82) is 0 Å². The Labute approximate surface area is 151 Å². The Balaban J connectivity index is 1.46. The molecule has 3 aromatic rings. The first-order valence-corrected chi connectivity index (χ1v) is 9.08. The van der Waals surface area contributed by atoms with Gasteiger partial charge in [-0.05, 0) is 42.9 Å². The number of fused-ring (bicyclic) bond motifs is 1. The van der Waals surface area contributed by atoms with Crippen LogP contribution in [0.4, 0.5) is 0 Å². The zero-order valence-corrected chi connectivity index (χ0v) is 14.6. The number of aryl methyl sites for hydroxylation is 2. The lowest BCUT2D eigenvalue weighted by molar-refractivity contribution is 0.0647. The minimum absolute atomic E-state index is 0.0415. The van der Waals surface area contributed by atoms with Crippen LogP contribution >= 0.6 is 0 Å². The van der Waals surface area contributed by atoms with E-state index >= 15 is 0 Å². The van der Waals surface area contributed by atoms with Crippen LogP contribution in [0.2, 0.25) is 0 Å². The molecular formula is C20H20N4O2. The SMILES string of the molecule is Cn1ccc(-c2cc(C(=O)N(C3CC3)[C@H]3CCc4ccccc43)no2)n1. The molecule has 2 aliphatic rings. The van der Waals surface area contributed by atoms with Gasteiger partial charge in [0.15, 0.2) is 11.5 Å². The quantitative estimate of drug-likeness (QED) is 0.725. The molecule has 1 atom stereocenters. The predicted octanol–water partition coefficient (Wildman–Crippen LogP) is 3.37. The number of aromatic nitrogens is 3. The Morgan fingerprint density at radius 2 is 2.08 bits per heavy atom. The first kappa shape index (κ1) is 15.4. The lowest BCUT2D eigenvalue weighted by Crippen LogP contribution is -2.36. The van der Waals surface area contributed by atoms with Gasteiger partial charge in [-0.25, -0.2) is 0 Å². The summed E-state index contributed by atoms with van der Waals surface area (Å²) in [4.78, 5) is 15.3. The summed E-state index contributed by atoms with van der Waals surface area (Å²) in [5, 5.41) is 8.36. The van der Waals surface area contributed by atoms with Crippen molar-refractivity contribution in [3.8, 4) is 11.5 Å². The van der Waals surface area contributed by atoms with Crippen LogP contribution < -0.4 is 0 Å². The molecule has 132 valence electrons. The molecule has 2 aliphatic carbocycles. The first-order chi connectivity index (χ1) is 12.7. The van der Waals surface area contributed by atoms with Crippen molar-refractivity contribution in [2.45, 2.75) is 37.8 Å². The van der Waals surface area contributed by atoms with Crippen LogP contribution in [0.1, 0.15) is 46.9 Å². The zero-order valence-electron chi connectivity index (χ0n) is 14.6.